The van der Waals surface area contributed by atoms with Gasteiger partial charge in [0.15, 0.2) is 5.60 Å². The molecule has 43 heavy (non-hydrogen) atoms. The first-order valence-corrected chi connectivity index (χ1v) is 14.3. The molecule has 0 heterocycles. The van der Waals surface area contributed by atoms with Crippen molar-refractivity contribution in [3.05, 3.63) is 114 Å². The van der Waals surface area contributed by atoms with Crippen molar-refractivity contribution < 1.29 is 38.0 Å². The molecule has 1 saturated carbocycles. The number of rotatable bonds is 14. The summed E-state index contributed by atoms with van der Waals surface area (Å²) in [6, 6.07) is 27.1. The maximum Gasteiger partial charge on any atom is 0.418 e. The van der Waals surface area contributed by atoms with E-state index < -0.39 is 29.7 Å². The van der Waals surface area contributed by atoms with Gasteiger partial charge in [0.25, 0.3) is 0 Å². The molecule has 1 aliphatic rings. The normalized spacial score (nSPS) is 22.0. The van der Waals surface area contributed by atoms with E-state index in [-0.39, 0.29) is 25.0 Å². The fraction of sp³-hybridized carbons (Fsp3) is 0.371. The van der Waals surface area contributed by atoms with Crippen molar-refractivity contribution in [2.75, 3.05) is 20.8 Å². The van der Waals surface area contributed by atoms with E-state index in [1.165, 1.54) is 0 Å². The van der Waals surface area contributed by atoms with Crippen molar-refractivity contribution in [1.29, 1.82) is 0 Å². The largest absolute Gasteiger partial charge is 0.497 e. The number of ether oxygens (including phenoxy) is 6. The summed E-state index contributed by atoms with van der Waals surface area (Å²) in [7, 11) is 2.77. The molecule has 3 aromatic rings. The van der Waals surface area contributed by atoms with Gasteiger partial charge in [0.1, 0.15) is 11.9 Å². The van der Waals surface area contributed by atoms with Crippen LogP contribution in [0.5, 0.6) is 5.75 Å². The fourth-order valence-corrected chi connectivity index (χ4v) is 5.71. The van der Waals surface area contributed by atoms with E-state index in [0.29, 0.717) is 19.6 Å². The van der Waals surface area contributed by atoms with E-state index in [1.54, 1.807) is 13.2 Å². The van der Waals surface area contributed by atoms with E-state index in [0.717, 1.165) is 29.5 Å². The van der Waals surface area contributed by atoms with Gasteiger partial charge in [0.05, 0.1) is 46.8 Å². The summed E-state index contributed by atoms with van der Waals surface area (Å²) >= 11 is 0. The van der Waals surface area contributed by atoms with Crippen molar-refractivity contribution in [2.45, 2.75) is 51.0 Å². The highest BCUT2D eigenvalue weighted by atomic mass is 16.6. The van der Waals surface area contributed by atoms with Gasteiger partial charge in [-0.25, -0.2) is 9.59 Å². The molecule has 0 spiro atoms. The zero-order valence-electron chi connectivity index (χ0n) is 25.0. The highest BCUT2D eigenvalue weighted by Crippen LogP contribution is 2.47. The van der Waals surface area contributed by atoms with Gasteiger partial charge in [-0.1, -0.05) is 85.8 Å². The van der Waals surface area contributed by atoms with Crippen molar-refractivity contribution in [2.24, 2.45) is 11.8 Å². The van der Waals surface area contributed by atoms with Gasteiger partial charge in [0, 0.05) is 5.92 Å². The third kappa shape index (κ3) is 8.32. The van der Waals surface area contributed by atoms with Crippen LogP contribution in [-0.2, 0) is 53.1 Å². The fourth-order valence-electron chi connectivity index (χ4n) is 5.71. The number of carbonyl (C=O) groups is 2. The SMILES string of the molecule is C=C[C@H](OCc1ccc(OC)cc1)[C@@H]1[C@H](C)C[C@](COCc2ccccc2)(OC(=O)C(=O)OC)[C@H]1OCc1ccccc1. The van der Waals surface area contributed by atoms with Gasteiger partial charge >= 0.3 is 11.9 Å². The summed E-state index contributed by atoms with van der Waals surface area (Å²) in [5, 5.41) is 0. The van der Waals surface area contributed by atoms with Crippen molar-refractivity contribution >= 4 is 11.9 Å². The molecular formula is C35H40O8. The van der Waals surface area contributed by atoms with Crippen LogP contribution >= 0.6 is 0 Å². The molecule has 0 N–H and O–H groups in total. The first-order valence-electron chi connectivity index (χ1n) is 14.3. The average molecular weight is 589 g/mol. The molecule has 0 unspecified atom stereocenters. The van der Waals surface area contributed by atoms with Crippen molar-refractivity contribution in [1.82, 2.24) is 0 Å². The van der Waals surface area contributed by atoms with Crippen LogP contribution in [0.15, 0.2) is 97.6 Å². The average Bonchev–Trinajstić information content (AvgIpc) is 3.31. The maximum absolute atomic E-state index is 12.9. The van der Waals surface area contributed by atoms with Gasteiger partial charge in [-0.2, -0.15) is 0 Å². The van der Waals surface area contributed by atoms with Crippen LogP contribution in [0.3, 0.4) is 0 Å². The van der Waals surface area contributed by atoms with Gasteiger partial charge in [-0.15, -0.1) is 6.58 Å². The number of esters is 2. The Hall–Kier alpha value is -3.98. The molecule has 3 aromatic carbocycles. The lowest BCUT2D eigenvalue weighted by Crippen LogP contribution is -2.52. The second-order valence-corrected chi connectivity index (χ2v) is 10.8. The number of hydrogen-bond donors (Lipinski definition) is 0. The summed E-state index contributed by atoms with van der Waals surface area (Å²) in [5.41, 5.74) is 1.60. The zero-order chi connectivity index (χ0) is 30.7. The Morgan fingerprint density at radius 1 is 0.860 bits per heavy atom. The van der Waals surface area contributed by atoms with E-state index in [1.807, 2.05) is 84.9 Å². The minimum atomic E-state index is -1.29. The standard InChI is InChI=1S/C35H40O8/c1-5-30(41-22-28-16-18-29(38-3)19-17-28)31-25(2)20-35(43-34(37)33(36)39-4,24-40-21-26-12-8-6-9-13-26)32(31)42-23-27-14-10-7-11-15-27/h5-19,25,30-32H,1,20-24H2,2-4H3/t25-,30+,31+,32+,35-/m1/s1. The van der Waals surface area contributed by atoms with Crippen LogP contribution in [0.2, 0.25) is 0 Å². The molecule has 1 fully saturated rings. The highest BCUT2D eigenvalue weighted by molar-refractivity contribution is 6.29. The number of methoxy groups -OCH3 is 2. The van der Waals surface area contributed by atoms with E-state index in [4.69, 9.17) is 23.7 Å². The Balaban J connectivity index is 1.63. The lowest BCUT2D eigenvalue weighted by atomic mass is 9.89. The molecule has 4 rings (SSSR count). The second kappa shape index (κ2) is 15.5. The Labute approximate surface area is 253 Å². The zero-order valence-corrected chi connectivity index (χ0v) is 25.0. The first-order chi connectivity index (χ1) is 20.9. The number of carbonyl (C=O) groups excluding carboxylic acids is 2. The summed E-state index contributed by atoms with van der Waals surface area (Å²) in [4.78, 5) is 25.2. The van der Waals surface area contributed by atoms with Crippen LogP contribution in [-0.4, -0.2) is 50.6 Å². The lowest BCUT2D eigenvalue weighted by molar-refractivity contribution is -0.201. The predicted molar refractivity (Wildman–Crippen MR) is 161 cm³/mol. The predicted octanol–water partition coefficient (Wildman–Crippen LogP) is 5.68. The molecule has 5 atom stereocenters. The molecule has 0 radical (unpaired) electrons. The Morgan fingerprint density at radius 3 is 2.05 bits per heavy atom. The lowest BCUT2D eigenvalue weighted by Gasteiger charge is -2.37. The molecule has 0 aromatic heterocycles. The maximum atomic E-state index is 12.9. The second-order valence-electron chi connectivity index (χ2n) is 10.8. The molecule has 0 saturated heterocycles. The number of hydrogen-bond acceptors (Lipinski definition) is 8. The Morgan fingerprint density at radius 2 is 1.47 bits per heavy atom. The Bertz CT molecular complexity index is 1310. The van der Waals surface area contributed by atoms with Gasteiger partial charge in [-0.05, 0) is 41.2 Å². The minimum absolute atomic E-state index is 0.00721. The molecular weight excluding hydrogens is 548 g/mol. The first kappa shape index (κ1) is 31.9. The number of benzene rings is 3. The van der Waals surface area contributed by atoms with Gasteiger partial charge in [-0.3, -0.25) is 0 Å². The minimum Gasteiger partial charge on any atom is -0.497 e. The molecule has 1 aliphatic carbocycles. The third-order valence-corrected chi connectivity index (χ3v) is 7.78. The molecule has 0 amide bonds. The van der Waals surface area contributed by atoms with Crippen LogP contribution in [0, 0.1) is 11.8 Å². The van der Waals surface area contributed by atoms with E-state index >= 15 is 0 Å². The molecule has 228 valence electrons. The molecule has 0 bridgehead atoms. The van der Waals surface area contributed by atoms with E-state index in [9.17, 15) is 9.59 Å². The van der Waals surface area contributed by atoms with Gasteiger partial charge in [0.2, 0.25) is 0 Å². The van der Waals surface area contributed by atoms with Crippen LogP contribution in [0.1, 0.15) is 30.0 Å². The summed E-state index contributed by atoms with van der Waals surface area (Å²) in [6.45, 7) is 7.01. The van der Waals surface area contributed by atoms with Gasteiger partial charge < -0.3 is 28.4 Å². The van der Waals surface area contributed by atoms with Crippen LogP contribution in [0.25, 0.3) is 0 Å². The highest BCUT2D eigenvalue weighted by Gasteiger charge is 2.58. The summed E-state index contributed by atoms with van der Waals surface area (Å²) in [5.74, 6) is -1.75. The van der Waals surface area contributed by atoms with Crippen molar-refractivity contribution in [3.63, 3.8) is 0 Å². The van der Waals surface area contributed by atoms with Crippen molar-refractivity contribution in [3.8, 4) is 5.75 Å². The third-order valence-electron chi connectivity index (χ3n) is 7.78. The topological polar surface area (TPSA) is 89.5 Å². The molecule has 8 nitrogen and oxygen atoms in total. The molecule has 0 aliphatic heterocycles. The smallest absolute Gasteiger partial charge is 0.418 e. The monoisotopic (exact) mass is 588 g/mol. The Kier molecular flexibility index (Phi) is 11.5. The van der Waals surface area contributed by atoms with E-state index in [2.05, 4.69) is 18.2 Å². The summed E-state index contributed by atoms with van der Waals surface area (Å²) in [6.07, 6.45) is 0.994. The van der Waals surface area contributed by atoms with Crippen LogP contribution in [0.4, 0.5) is 0 Å². The quantitative estimate of drug-likeness (QED) is 0.135. The van der Waals surface area contributed by atoms with Crippen LogP contribution < -0.4 is 4.74 Å². The summed E-state index contributed by atoms with van der Waals surface area (Å²) < 4.78 is 35.2. The molecule has 8 heteroatoms.